The van der Waals surface area contributed by atoms with Gasteiger partial charge in [-0.1, -0.05) is 25.7 Å². The van der Waals surface area contributed by atoms with Crippen molar-refractivity contribution in [1.82, 2.24) is 14.9 Å². The molecule has 2 aromatic heterocycles. The van der Waals surface area contributed by atoms with Crippen LogP contribution in [0.4, 0.5) is 19.0 Å². The third kappa shape index (κ3) is 4.06. The maximum absolute atomic E-state index is 13.3. The van der Waals surface area contributed by atoms with Crippen molar-refractivity contribution in [3.63, 3.8) is 0 Å². The topological polar surface area (TPSA) is 41.1 Å². The molecule has 0 aliphatic heterocycles. The van der Waals surface area contributed by atoms with E-state index < -0.39 is 12.0 Å². The van der Waals surface area contributed by atoms with Crippen molar-refractivity contribution < 1.29 is 13.2 Å². The third-order valence-corrected chi connectivity index (χ3v) is 6.95. The van der Waals surface area contributed by atoms with E-state index in [0.717, 1.165) is 36.1 Å². The van der Waals surface area contributed by atoms with Crippen molar-refractivity contribution in [2.45, 2.75) is 64.1 Å². The van der Waals surface area contributed by atoms with E-state index in [-0.39, 0.29) is 5.54 Å². The summed E-state index contributed by atoms with van der Waals surface area (Å²) in [4.78, 5) is 11.3. The van der Waals surface area contributed by atoms with Gasteiger partial charge in [-0.05, 0) is 46.3 Å². The Morgan fingerprint density at radius 2 is 1.70 bits per heavy atom. The van der Waals surface area contributed by atoms with Crippen LogP contribution in [0.5, 0.6) is 0 Å². The van der Waals surface area contributed by atoms with Gasteiger partial charge in [0, 0.05) is 17.0 Å². The standard InChI is InChI=1S/C19H27F3N4S/c1-12-13(2)27-16-14(12)15(24-17(25-16)19(20,21)22)23-11-18(26(3)4)9-7-5-6-8-10-18/h5-11H2,1-4H3,(H,23,24,25). The highest BCUT2D eigenvalue weighted by atomic mass is 32.1. The third-order valence-electron chi connectivity index (χ3n) is 5.85. The molecule has 27 heavy (non-hydrogen) atoms. The Kier molecular flexibility index (Phi) is 5.68. The number of fused-ring (bicyclic) bond motifs is 1. The van der Waals surface area contributed by atoms with E-state index in [0.29, 0.717) is 22.6 Å². The minimum Gasteiger partial charge on any atom is -0.368 e. The number of hydrogen-bond donors (Lipinski definition) is 1. The summed E-state index contributed by atoms with van der Waals surface area (Å²) in [6.07, 6.45) is 2.23. The van der Waals surface area contributed by atoms with Gasteiger partial charge in [0.25, 0.3) is 0 Å². The molecule has 2 aromatic rings. The molecule has 0 atom stereocenters. The molecule has 8 heteroatoms. The number of nitrogens with zero attached hydrogens (tertiary/aromatic N) is 3. The molecule has 0 unspecified atom stereocenters. The Labute approximate surface area is 162 Å². The van der Waals surface area contributed by atoms with E-state index in [9.17, 15) is 13.2 Å². The monoisotopic (exact) mass is 400 g/mol. The highest BCUT2D eigenvalue weighted by Crippen LogP contribution is 2.38. The molecular weight excluding hydrogens is 373 g/mol. The lowest BCUT2D eigenvalue weighted by atomic mass is 9.88. The van der Waals surface area contributed by atoms with Crippen molar-refractivity contribution in [1.29, 1.82) is 0 Å². The molecule has 1 saturated carbocycles. The lowest BCUT2D eigenvalue weighted by molar-refractivity contribution is -0.144. The van der Waals surface area contributed by atoms with Crippen molar-refractivity contribution in [3.8, 4) is 0 Å². The second kappa shape index (κ2) is 7.54. The molecule has 4 nitrogen and oxygen atoms in total. The molecule has 0 aromatic carbocycles. The molecule has 0 amide bonds. The molecule has 1 fully saturated rings. The van der Waals surface area contributed by atoms with Crippen LogP contribution in [-0.4, -0.2) is 41.0 Å². The molecule has 150 valence electrons. The van der Waals surface area contributed by atoms with Crippen LogP contribution in [0.2, 0.25) is 0 Å². The molecule has 0 bridgehead atoms. The number of anilines is 1. The summed E-state index contributed by atoms with van der Waals surface area (Å²) in [5.74, 6) is -0.766. The van der Waals surface area contributed by atoms with Crippen molar-refractivity contribution in [2.24, 2.45) is 0 Å². The van der Waals surface area contributed by atoms with Gasteiger partial charge in [0.15, 0.2) is 0 Å². The Hall–Kier alpha value is -1.41. The summed E-state index contributed by atoms with van der Waals surface area (Å²) in [5, 5.41) is 4.00. The molecule has 3 rings (SSSR count). The van der Waals surface area contributed by atoms with Gasteiger partial charge in [-0.2, -0.15) is 13.2 Å². The Morgan fingerprint density at radius 1 is 1.07 bits per heavy atom. The second-order valence-corrected chi connectivity index (χ2v) is 8.95. The molecule has 0 radical (unpaired) electrons. The van der Waals surface area contributed by atoms with Crippen molar-refractivity contribution in [3.05, 3.63) is 16.3 Å². The number of aryl methyl sites for hydroxylation is 2. The van der Waals surface area contributed by atoms with Crippen LogP contribution in [0.15, 0.2) is 0 Å². The summed E-state index contributed by atoms with van der Waals surface area (Å²) in [6.45, 7) is 4.41. The van der Waals surface area contributed by atoms with Crippen LogP contribution < -0.4 is 5.32 Å². The largest absolute Gasteiger partial charge is 0.451 e. The Balaban J connectivity index is 1.99. The van der Waals surface area contributed by atoms with Gasteiger partial charge in [0.2, 0.25) is 5.82 Å². The smallest absolute Gasteiger partial charge is 0.368 e. The van der Waals surface area contributed by atoms with Crippen LogP contribution >= 0.6 is 11.3 Å². The van der Waals surface area contributed by atoms with Crippen LogP contribution in [0.1, 0.15) is 54.8 Å². The fourth-order valence-corrected chi connectivity index (χ4v) is 4.95. The minimum atomic E-state index is -4.56. The summed E-state index contributed by atoms with van der Waals surface area (Å²) in [5.41, 5.74) is 0.886. The van der Waals surface area contributed by atoms with Crippen LogP contribution in [0, 0.1) is 13.8 Å². The lowest BCUT2D eigenvalue weighted by Gasteiger charge is -2.40. The molecular formula is C19H27F3N4S. The van der Waals surface area contributed by atoms with Crippen molar-refractivity contribution in [2.75, 3.05) is 26.0 Å². The number of thiophene rings is 1. The maximum Gasteiger partial charge on any atom is 0.451 e. The molecule has 0 spiro atoms. The van der Waals surface area contributed by atoms with Gasteiger partial charge >= 0.3 is 6.18 Å². The molecule has 1 aliphatic carbocycles. The number of nitrogens with one attached hydrogen (secondary N) is 1. The Morgan fingerprint density at radius 3 is 2.26 bits per heavy atom. The number of halogens is 3. The van der Waals surface area contributed by atoms with Gasteiger partial charge in [-0.15, -0.1) is 11.3 Å². The van der Waals surface area contributed by atoms with E-state index in [1.807, 2.05) is 13.8 Å². The average Bonchev–Trinajstić information content (AvgIpc) is 2.77. The van der Waals surface area contributed by atoms with Gasteiger partial charge in [-0.3, -0.25) is 0 Å². The summed E-state index contributed by atoms with van der Waals surface area (Å²) >= 11 is 1.29. The zero-order valence-corrected chi connectivity index (χ0v) is 17.2. The molecule has 1 N–H and O–H groups in total. The first-order chi connectivity index (χ1) is 12.6. The number of likely N-dealkylation sites (N-methyl/N-ethyl adjacent to an activating group) is 1. The number of hydrogen-bond acceptors (Lipinski definition) is 5. The van der Waals surface area contributed by atoms with E-state index in [1.54, 1.807) is 0 Å². The van der Waals surface area contributed by atoms with Gasteiger partial charge in [0.05, 0.1) is 5.39 Å². The maximum atomic E-state index is 13.3. The molecule has 1 aliphatic rings. The van der Waals surface area contributed by atoms with Crippen molar-refractivity contribution >= 4 is 27.4 Å². The zero-order chi connectivity index (χ0) is 19.8. The van der Waals surface area contributed by atoms with E-state index in [2.05, 4.69) is 34.3 Å². The van der Waals surface area contributed by atoms with Gasteiger partial charge < -0.3 is 10.2 Å². The first-order valence-corrected chi connectivity index (χ1v) is 10.2. The van der Waals surface area contributed by atoms with Gasteiger partial charge in [-0.25, -0.2) is 9.97 Å². The normalized spacial score (nSPS) is 18.1. The lowest BCUT2D eigenvalue weighted by Crippen LogP contribution is -2.49. The molecule has 0 saturated heterocycles. The van der Waals surface area contributed by atoms with E-state index in [4.69, 9.17) is 0 Å². The predicted octanol–water partition coefficient (Wildman–Crippen LogP) is 5.39. The van der Waals surface area contributed by atoms with E-state index in [1.165, 1.54) is 24.2 Å². The summed E-state index contributed by atoms with van der Waals surface area (Å²) < 4.78 is 39.9. The predicted molar refractivity (Wildman–Crippen MR) is 105 cm³/mol. The first kappa shape index (κ1) is 20.3. The number of rotatable bonds is 4. The number of alkyl halides is 3. The van der Waals surface area contributed by atoms with Gasteiger partial charge in [0.1, 0.15) is 10.6 Å². The van der Waals surface area contributed by atoms with Crippen LogP contribution in [0.25, 0.3) is 10.2 Å². The minimum absolute atomic E-state index is 0.0643. The second-order valence-electron chi connectivity index (χ2n) is 7.74. The van der Waals surface area contributed by atoms with Crippen LogP contribution in [0.3, 0.4) is 0 Å². The average molecular weight is 401 g/mol. The summed E-state index contributed by atoms with van der Waals surface area (Å²) in [6, 6.07) is 0. The summed E-state index contributed by atoms with van der Waals surface area (Å²) in [7, 11) is 4.12. The zero-order valence-electron chi connectivity index (χ0n) is 16.3. The Bertz CT molecular complexity index is 805. The highest BCUT2D eigenvalue weighted by Gasteiger charge is 2.37. The molecule has 2 heterocycles. The highest BCUT2D eigenvalue weighted by molar-refractivity contribution is 7.18. The quantitative estimate of drug-likeness (QED) is 0.699. The number of aromatic nitrogens is 2. The first-order valence-electron chi connectivity index (χ1n) is 9.40. The SMILES string of the molecule is Cc1sc2nc(C(F)(F)F)nc(NCC3(N(C)C)CCCCCC3)c2c1C. The fourth-order valence-electron chi connectivity index (χ4n) is 3.92. The fraction of sp³-hybridized carbons (Fsp3) is 0.684. The van der Waals surface area contributed by atoms with Crippen LogP contribution in [-0.2, 0) is 6.18 Å². The van der Waals surface area contributed by atoms with E-state index >= 15 is 0 Å².